The van der Waals surface area contributed by atoms with Crippen molar-refractivity contribution in [2.45, 2.75) is 33.0 Å². The van der Waals surface area contributed by atoms with E-state index in [0.29, 0.717) is 11.3 Å². The van der Waals surface area contributed by atoms with E-state index < -0.39 is 4.92 Å². The Labute approximate surface area is 93.8 Å². The first kappa shape index (κ1) is 12.4. The van der Waals surface area contributed by atoms with Crippen LogP contribution in [0.25, 0.3) is 0 Å². The fourth-order valence-corrected chi connectivity index (χ4v) is 1.22. The maximum atomic E-state index is 10.5. The minimum absolute atomic E-state index is 0.0201. The van der Waals surface area contributed by atoms with Gasteiger partial charge in [0, 0.05) is 17.7 Å². The van der Waals surface area contributed by atoms with Crippen LogP contribution in [-0.4, -0.2) is 16.1 Å². The smallest absolute Gasteiger partial charge is 0.270 e. The van der Waals surface area contributed by atoms with Gasteiger partial charge in [-0.3, -0.25) is 10.1 Å². The molecule has 0 saturated carbocycles. The molecule has 1 aromatic carbocycles. The first-order valence-electron chi connectivity index (χ1n) is 5.13. The molecule has 0 aliphatic heterocycles. The second-order valence-electron chi connectivity index (χ2n) is 3.54. The fourth-order valence-electron chi connectivity index (χ4n) is 1.22. The monoisotopic (exact) mass is 225 g/mol. The summed E-state index contributed by atoms with van der Waals surface area (Å²) in [5, 5.41) is 19.6. The van der Waals surface area contributed by atoms with Crippen molar-refractivity contribution in [3.8, 4) is 5.75 Å². The van der Waals surface area contributed by atoms with Crippen molar-refractivity contribution in [2.75, 3.05) is 0 Å². The predicted molar refractivity (Wildman–Crippen MR) is 59.4 cm³/mol. The van der Waals surface area contributed by atoms with Crippen molar-refractivity contribution in [2.24, 2.45) is 0 Å². The summed E-state index contributed by atoms with van der Waals surface area (Å²) < 4.78 is 5.54. The average Bonchev–Trinajstić information content (AvgIpc) is 2.29. The van der Waals surface area contributed by atoms with Crippen LogP contribution in [0.3, 0.4) is 0 Å². The molecule has 1 aromatic rings. The summed E-state index contributed by atoms with van der Waals surface area (Å²) >= 11 is 0. The Bertz CT molecular complexity index is 378. The van der Waals surface area contributed by atoms with Crippen molar-refractivity contribution in [3.05, 3.63) is 33.9 Å². The second-order valence-corrected chi connectivity index (χ2v) is 3.54. The topological polar surface area (TPSA) is 72.6 Å². The van der Waals surface area contributed by atoms with Gasteiger partial charge in [0.15, 0.2) is 0 Å². The summed E-state index contributed by atoms with van der Waals surface area (Å²) in [5.74, 6) is 0.502. The molecule has 1 atom stereocenters. The lowest BCUT2D eigenvalue weighted by molar-refractivity contribution is -0.385. The minimum atomic E-state index is -0.494. The van der Waals surface area contributed by atoms with Gasteiger partial charge in [-0.1, -0.05) is 6.92 Å². The summed E-state index contributed by atoms with van der Waals surface area (Å²) in [6.07, 6.45) is 0.855. The predicted octanol–water partition coefficient (Wildman–Crippen LogP) is 2.26. The molecule has 0 aliphatic carbocycles. The van der Waals surface area contributed by atoms with E-state index in [9.17, 15) is 10.1 Å². The van der Waals surface area contributed by atoms with Crippen LogP contribution in [0.4, 0.5) is 5.69 Å². The molecular weight excluding hydrogens is 210 g/mol. The van der Waals surface area contributed by atoms with Gasteiger partial charge < -0.3 is 9.84 Å². The number of benzene rings is 1. The number of nitrogens with zero attached hydrogens (tertiary/aromatic N) is 1. The Kier molecular flexibility index (Phi) is 4.25. The van der Waals surface area contributed by atoms with Crippen molar-refractivity contribution in [1.82, 2.24) is 0 Å². The number of rotatable bonds is 5. The van der Waals surface area contributed by atoms with Crippen LogP contribution in [0.5, 0.6) is 5.75 Å². The summed E-state index contributed by atoms with van der Waals surface area (Å²) in [6, 6.07) is 4.23. The molecule has 0 aliphatic rings. The van der Waals surface area contributed by atoms with Gasteiger partial charge >= 0.3 is 0 Å². The molecule has 0 saturated heterocycles. The molecule has 0 heterocycles. The van der Waals surface area contributed by atoms with E-state index in [4.69, 9.17) is 9.84 Å². The van der Waals surface area contributed by atoms with Gasteiger partial charge in [0.25, 0.3) is 5.69 Å². The van der Waals surface area contributed by atoms with E-state index in [0.717, 1.165) is 6.42 Å². The zero-order valence-electron chi connectivity index (χ0n) is 9.34. The van der Waals surface area contributed by atoms with E-state index >= 15 is 0 Å². The van der Waals surface area contributed by atoms with E-state index in [1.807, 2.05) is 13.8 Å². The third-order valence-corrected chi connectivity index (χ3v) is 2.33. The van der Waals surface area contributed by atoms with Crippen LogP contribution in [0.2, 0.25) is 0 Å². The van der Waals surface area contributed by atoms with Gasteiger partial charge in [0.2, 0.25) is 0 Å². The molecule has 1 N–H and O–H groups in total. The lowest BCUT2D eigenvalue weighted by Gasteiger charge is -2.14. The molecule has 0 aromatic heterocycles. The summed E-state index contributed by atoms with van der Waals surface area (Å²) in [6.45, 7) is 3.62. The zero-order chi connectivity index (χ0) is 12.1. The van der Waals surface area contributed by atoms with Gasteiger partial charge in [-0.25, -0.2) is 0 Å². The lowest BCUT2D eigenvalue weighted by atomic mass is 10.2. The first-order chi connectivity index (χ1) is 7.58. The first-order valence-corrected chi connectivity index (χ1v) is 5.13. The number of hydrogen-bond acceptors (Lipinski definition) is 4. The molecule has 0 bridgehead atoms. The molecule has 1 rings (SSSR count). The van der Waals surface area contributed by atoms with Crippen molar-refractivity contribution >= 4 is 5.69 Å². The number of non-ortho nitro benzene ring substituents is 1. The van der Waals surface area contributed by atoms with Crippen LogP contribution in [0, 0.1) is 10.1 Å². The fraction of sp³-hybridized carbons (Fsp3) is 0.455. The van der Waals surface area contributed by atoms with E-state index in [1.54, 1.807) is 0 Å². The SMILES string of the molecule is CCC(C)Oc1ccc([N+](=O)[O-])cc1CO. The van der Waals surface area contributed by atoms with Gasteiger partial charge in [-0.05, 0) is 19.4 Å². The number of ether oxygens (including phenoxy) is 1. The average molecular weight is 225 g/mol. The Morgan fingerprint density at radius 2 is 2.25 bits per heavy atom. The second kappa shape index (κ2) is 5.46. The minimum Gasteiger partial charge on any atom is -0.490 e. The third-order valence-electron chi connectivity index (χ3n) is 2.33. The number of nitro benzene ring substituents is 1. The molecule has 1 unspecified atom stereocenters. The standard InChI is InChI=1S/C11H15NO4/c1-3-8(2)16-11-5-4-10(12(14)15)6-9(11)7-13/h4-6,8,13H,3,7H2,1-2H3. The van der Waals surface area contributed by atoms with Gasteiger partial charge in [0.1, 0.15) is 5.75 Å². The highest BCUT2D eigenvalue weighted by atomic mass is 16.6. The van der Waals surface area contributed by atoms with Crippen LogP contribution >= 0.6 is 0 Å². The molecule has 5 heteroatoms. The van der Waals surface area contributed by atoms with E-state index in [1.165, 1.54) is 18.2 Å². The Morgan fingerprint density at radius 1 is 1.56 bits per heavy atom. The Hall–Kier alpha value is -1.62. The summed E-state index contributed by atoms with van der Waals surface area (Å²) in [5.41, 5.74) is 0.398. The Balaban J connectivity index is 2.97. The van der Waals surface area contributed by atoms with Crippen molar-refractivity contribution in [1.29, 1.82) is 0 Å². The van der Waals surface area contributed by atoms with E-state index in [2.05, 4.69) is 0 Å². The maximum absolute atomic E-state index is 10.5. The number of aliphatic hydroxyl groups is 1. The van der Waals surface area contributed by atoms with Crippen molar-refractivity contribution in [3.63, 3.8) is 0 Å². The lowest BCUT2D eigenvalue weighted by Crippen LogP contribution is -2.11. The molecule has 0 radical (unpaired) electrons. The maximum Gasteiger partial charge on any atom is 0.270 e. The molecule has 16 heavy (non-hydrogen) atoms. The number of hydrogen-bond donors (Lipinski definition) is 1. The molecular formula is C11H15NO4. The van der Waals surface area contributed by atoms with Crippen LogP contribution < -0.4 is 4.74 Å². The van der Waals surface area contributed by atoms with Crippen LogP contribution in [0.15, 0.2) is 18.2 Å². The zero-order valence-corrected chi connectivity index (χ0v) is 9.34. The van der Waals surface area contributed by atoms with Gasteiger partial charge in [-0.15, -0.1) is 0 Å². The highest BCUT2D eigenvalue weighted by Gasteiger charge is 2.12. The third kappa shape index (κ3) is 2.93. The molecule has 5 nitrogen and oxygen atoms in total. The molecule has 0 spiro atoms. The van der Waals surface area contributed by atoms with E-state index in [-0.39, 0.29) is 18.4 Å². The molecule has 0 amide bonds. The quantitative estimate of drug-likeness (QED) is 0.616. The summed E-state index contributed by atoms with van der Waals surface area (Å²) in [7, 11) is 0. The normalized spacial score (nSPS) is 12.2. The largest absolute Gasteiger partial charge is 0.490 e. The number of aliphatic hydroxyl groups excluding tert-OH is 1. The van der Waals surface area contributed by atoms with Gasteiger partial charge in [0.05, 0.1) is 17.6 Å². The molecule has 88 valence electrons. The summed E-state index contributed by atoms with van der Waals surface area (Å²) in [4.78, 5) is 10.0. The molecule has 0 fully saturated rings. The van der Waals surface area contributed by atoms with Crippen LogP contribution in [0.1, 0.15) is 25.8 Å². The van der Waals surface area contributed by atoms with Crippen LogP contribution in [-0.2, 0) is 6.61 Å². The number of nitro groups is 1. The van der Waals surface area contributed by atoms with Crippen molar-refractivity contribution < 1.29 is 14.8 Å². The Morgan fingerprint density at radius 3 is 2.75 bits per heavy atom. The highest BCUT2D eigenvalue weighted by Crippen LogP contribution is 2.25. The van der Waals surface area contributed by atoms with Gasteiger partial charge in [-0.2, -0.15) is 0 Å². The highest BCUT2D eigenvalue weighted by molar-refractivity contribution is 5.43.